The topological polar surface area (TPSA) is 30.3 Å². The first-order chi connectivity index (χ1) is 6.15. The normalized spacial score (nSPS) is 25.8. The zero-order valence-corrected chi connectivity index (χ0v) is 9.01. The lowest BCUT2D eigenvalue weighted by molar-refractivity contribution is 0.282. The molecule has 1 saturated heterocycles. The average Bonchev–Trinajstić information content (AvgIpc) is 2.25. The summed E-state index contributed by atoms with van der Waals surface area (Å²) in [6.45, 7) is 7.58. The number of nitrogens with one attached hydrogen (secondary N) is 1. The summed E-state index contributed by atoms with van der Waals surface area (Å²) in [5.74, 6) is 0.794. The minimum atomic E-state index is 0.500. The third kappa shape index (κ3) is 2.69. The van der Waals surface area contributed by atoms with Crippen LogP contribution in [0.15, 0.2) is 0 Å². The number of amidine groups is 1. The highest BCUT2D eigenvalue weighted by Gasteiger charge is 2.20. The lowest BCUT2D eigenvalue weighted by Gasteiger charge is -2.29. The van der Waals surface area contributed by atoms with Crippen molar-refractivity contribution < 1.29 is 0 Å². The molecule has 3 heteroatoms. The van der Waals surface area contributed by atoms with E-state index < -0.39 is 0 Å². The van der Waals surface area contributed by atoms with Crippen LogP contribution in [0.1, 0.15) is 26.7 Å². The van der Waals surface area contributed by atoms with Crippen LogP contribution in [0.5, 0.6) is 0 Å². The second kappa shape index (κ2) is 4.61. The Balaban J connectivity index is 2.57. The summed E-state index contributed by atoms with van der Waals surface area (Å²) in [6.07, 6.45) is 2.04. The molecule has 1 rings (SSSR count). The van der Waals surface area contributed by atoms with Gasteiger partial charge in [-0.05, 0) is 26.9 Å². The zero-order valence-electron chi connectivity index (χ0n) is 9.01. The molecule has 0 saturated carbocycles. The molecule has 0 aromatic rings. The Labute approximate surface area is 81.2 Å². The fourth-order valence-corrected chi connectivity index (χ4v) is 1.98. The van der Waals surface area contributed by atoms with Crippen molar-refractivity contribution in [3.05, 3.63) is 0 Å². The van der Waals surface area contributed by atoms with Crippen LogP contribution in [0.4, 0.5) is 0 Å². The molecule has 0 radical (unpaired) electrons. The highest BCUT2D eigenvalue weighted by molar-refractivity contribution is 5.79. The highest BCUT2D eigenvalue weighted by atomic mass is 15.2. The Morgan fingerprint density at radius 2 is 2.15 bits per heavy atom. The fraction of sp³-hybridized carbons (Fsp3) is 0.900. The van der Waals surface area contributed by atoms with Gasteiger partial charge in [-0.3, -0.25) is 5.41 Å². The van der Waals surface area contributed by atoms with E-state index in [0.29, 0.717) is 6.04 Å². The maximum Gasteiger partial charge on any atom is 0.0957 e. The Kier molecular flexibility index (Phi) is 3.72. The van der Waals surface area contributed by atoms with Crippen LogP contribution in [-0.4, -0.2) is 48.4 Å². The van der Waals surface area contributed by atoms with Crippen LogP contribution in [-0.2, 0) is 0 Å². The van der Waals surface area contributed by atoms with Crippen LogP contribution in [0.3, 0.4) is 0 Å². The van der Waals surface area contributed by atoms with Crippen molar-refractivity contribution in [3.63, 3.8) is 0 Å². The summed E-state index contributed by atoms with van der Waals surface area (Å²) >= 11 is 0. The van der Waals surface area contributed by atoms with E-state index in [-0.39, 0.29) is 0 Å². The lowest BCUT2D eigenvalue weighted by Crippen LogP contribution is -2.41. The molecule has 0 aromatic carbocycles. The van der Waals surface area contributed by atoms with Gasteiger partial charge < -0.3 is 9.80 Å². The van der Waals surface area contributed by atoms with Crippen molar-refractivity contribution in [2.45, 2.75) is 32.7 Å². The van der Waals surface area contributed by atoms with E-state index in [4.69, 9.17) is 5.41 Å². The zero-order chi connectivity index (χ0) is 9.84. The SMILES string of the molecule is CCC(=N)N1CCCN(C)CC1C. The summed E-state index contributed by atoms with van der Waals surface area (Å²) in [4.78, 5) is 4.59. The van der Waals surface area contributed by atoms with E-state index in [2.05, 4.69) is 30.7 Å². The number of hydrogen-bond donors (Lipinski definition) is 1. The van der Waals surface area contributed by atoms with E-state index in [1.54, 1.807) is 0 Å². The Morgan fingerprint density at radius 1 is 1.46 bits per heavy atom. The van der Waals surface area contributed by atoms with Gasteiger partial charge in [0.2, 0.25) is 0 Å². The molecule has 76 valence electrons. The van der Waals surface area contributed by atoms with Gasteiger partial charge in [-0.15, -0.1) is 0 Å². The largest absolute Gasteiger partial charge is 0.357 e. The van der Waals surface area contributed by atoms with Crippen molar-refractivity contribution in [1.82, 2.24) is 9.80 Å². The molecule has 0 spiro atoms. The van der Waals surface area contributed by atoms with Gasteiger partial charge in [-0.25, -0.2) is 0 Å². The minimum Gasteiger partial charge on any atom is -0.357 e. The summed E-state index contributed by atoms with van der Waals surface area (Å²) in [5.41, 5.74) is 0. The van der Waals surface area contributed by atoms with E-state index in [1.165, 1.54) is 6.42 Å². The van der Waals surface area contributed by atoms with E-state index >= 15 is 0 Å². The summed E-state index contributed by atoms with van der Waals surface area (Å²) < 4.78 is 0. The number of likely N-dealkylation sites (N-methyl/N-ethyl adjacent to an activating group) is 1. The molecule has 0 aliphatic carbocycles. The second-order valence-corrected chi connectivity index (χ2v) is 3.96. The van der Waals surface area contributed by atoms with E-state index in [1.807, 2.05) is 0 Å². The summed E-state index contributed by atoms with van der Waals surface area (Å²) in [7, 11) is 2.16. The van der Waals surface area contributed by atoms with Gasteiger partial charge in [-0.1, -0.05) is 6.92 Å². The van der Waals surface area contributed by atoms with Gasteiger partial charge in [0, 0.05) is 25.6 Å². The quantitative estimate of drug-likeness (QED) is 0.492. The van der Waals surface area contributed by atoms with Gasteiger partial charge in [0.1, 0.15) is 0 Å². The lowest BCUT2D eigenvalue weighted by atomic mass is 10.2. The fourth-order valence-electron chi connectivity index (χ4n) is 1.98. The monoisotopic (exact) mass is 183 g/mol. The van der Waals surface area contributed by atoms with Crippen LogP contribution in [0, 0.1) is 5.41 Å². The standard InChI is InChI=1S/C10H21N3/c1-4-10(11)13-7-5-6-12(3)8-9(13)2/h9,11H,4-8H2,1-3H3. The second-order valence-electron chi connectivity index (χ2n) is 3.96. The van der Waals surface area contributed by atoms with Crippen molar-refractivity contribution in [1.29, 1.82) is 5.41 Å². The first kappa shape index (κ1) is 10.5. The van der Waals surface area contributed by atoms with Crippen molar-refractivity contribution in [3.8, 4) is 0 Å². The van der Waals surface area contributed by atoms with Crippen LogP contribution in [0.2, 0.25) is 0 Å². The molecule has 0 aromatic heterocycles. The Morgan fingerprint density at radius 3 is 2.77 bits per heavy atom. The molecule has 3 nitrogen and oxygen atoms in total. The first-order valence-electron chi connectivity index (χ1n) is 5.17. The molecule has 0 bridgehead atoms. The predicted molar refractivity (Wildman–Crippen MR) is 56.3 cm³/mol. The van der Waals surface area contributed by atoms with Crippen molar-refractivity contribution in [2.24, 2.45) is 0 Å². The maximum absolute atomic E-state index is 7.83. The third-order valence-corrected chi connectivity index (χ3v) is 2.73. The van der Waals surface area contributed by atoms with Crippen molar-refractivity contribution >= 4 is 5.84 Å². The molecular weight excluding hydrogens is 162 g/mol. The smallest absolute Gasteiger partial charge is 0.0957 e. The van der Waals surface area contributed by atoms with Crippen LogP contribution in [0.25, 0.3) is 0 Å². The van der Waals surface area contributed by atoms with Crippen molar-refractivity contribution in [2.75, 3.05) is 26.7 Å². The van der Waals surface area contributed by atoms with Crippen LogP contribution < -0.4 is 0 Å². The number of nitrogens with zero attached hydrogens (tertiary/aromatic N) is 2. The van der Waals surface area contributed by atoms with Gasteiger partial charge in [0.15, 0.2) is 0 Å². The van der Waals surface area contributed by atoms with Gasteiger partial charge in [-0.2, -0.15) is 0 Å². The minimum absolute atomic E-state index is 0.500. The predicted octanol–water partition coefficient (Wildman–Crippen LogP) is 1.40. The molecule has 1 unspecified atom stereocenters. The van der Waals surface area contributed by atoms with E-state index in [0.717, 1.165) is 31.9 Å². The Bertz CT molecular complexity index is 179. The maximum atomic E-state index is 7.83. The first-order valence-corrected chi connectivity index (χ1v) is 5.17. The third-order valence-electron chi connectivity index (χ3n) is 2.73. The summed E-state index contributed by atoms with van der Waals surface area (Å²) in [6, 6.07) is 0.500. The van der Waals surface area contributed by atoms with Gasteiger partial charge >= 0.3 is 0 Å². The Hall–Kier alpha value is -0.570. The highest BCUT2D eigenvalue weighted by Crippen LogP contribution is 2.09. The molecule has 1 N–H and O–H groups in total. The number of hydrogen-bond acceptors (Lipinski definition) is 2. The summed E-state index contributed by atoms with van der Waals surface area (Å²) in [5, 5.41) is 7.83. The molecule has 1 atom stereocenters. The number of rotatable bonds is 1. The molecule has 0 amide bonds. The van der Waals surface area contributed by atoms with Gasteiger partial charge in [0.25, 0.3) is 0 Å². The molecule has 1 aliphatic heterocycles. The molecule has 1 heterocycles. The molecule has 13 heavy (non-hydrogen) atoms. The van der Waals surface area contributed by atoms with Crippen LogP contribution >= 0.6 is 0 Å². The van der Waals surface area contributed by atoms with E-state index in [9.17, 15) is 0 Å². The molecule has 1 aliphatic rings. The molecular formula is C10H21N3. The molecule has 1 fully saturated rings. The average molecular weight is 183 g/mol. The van der Waals surface area contributed by atoms with Gasteiger partial charge in [0.05, 0.1) is 5.84 Å².